The van der Waals surface area contributed by atoms with Crippen LogP contribution in [0.2, 0.25) is 0 Å². The van der Waals surface area contributed by atoms with Crippen LogP contribution in [0.4, 0.5) is 14.5 Å². The fourth-order valence-corrected chi connectivity index (χ4v) is 3.05. The maximum atomic E-state index is 13.8. The van der Waals surface area contributed by atoms with E-state index in [1.165, 1.54) is 16.7 Å². The van der Waals surface area contributed by atoms with Gasteiger partial charge in [0.15, 0.2) is 0 Å². The molecule has 0 unspecified atom stereocenters. The molecular weight excluding hydrogens is 364 g/mol. The molecular formula is C21H17F2N3O2. The van der Waals surface area contributed by atoms with Gasteiger partial charge in [0.2, 0.25) is 0 Å². The predicted octanol–water partition coefficient (Wildman–Crippen LogP) is 3.82. The Morgan fingerprint density at radius 3 is 2.75 bits per heavy atom. The molecule has 0 bridgehead atoms. The van der Waals surface area contributed by atoms with Crippen molar-refractivity contribution >= 4 is 16.6 Å². The van der Waals surface area contributed by atoms with Gasteiger partial charge in [-0.15, -0.1) is 0 Å². The number of para-hydroxylation sites is 1. The summed E-state index contributed by atoms with van der Waals surface area (Å²) in [5.74, 6) is -0.748. The zero-order chi connectivity index (χ0) is 19.7. The highest BCUT2D eigenvalue weighted by atomic mass is 19.1. The molecule has 4 rings (SSSR count). The van der Waals surface area contributed by atoms with Gasteiger partial charge in [0, 0.05) is 28.9 Å². The van der Waals surface area contributed by atoms with Crippen LogP contribution < -0.4 is 16.0 Å². The van der Waals surface area contributed by atoms with Crippen LogP contribution in [-0.4, -0.2) is 9.55 Å². The van der Waals surface area contributed by atoms with Crippen LogP contribution in [-0.2, 0) is 13.2 Å². The van der Waals surface area contributed by atoms with Gasteiger partial charge in [0.1, 0.15) is 24.0 Å². The molecule has 28 heavy (non-hydrogen) atoms. The third kappa shape index (κ3) is 3.46. The van der Waals surface area contributed by atoms with E-state index in [1.807, 2.05) is 18.2 Å². The number of aromatic nitrogens is 2. The van der Waals surface area contributed by atoms with Gasteiger partial charge >= 0.3 is 0 Å². The Hall–Kier alpha value is -3.61. The first-order valence-electron chi connectivity index (χ1n) is 8.63. The van der Waals surface area contributed by atoms with E-state index in [2.05, 4.69) is 4.98 Å². The molecule has 2 heterocycles. The smallest absolute Gasteiger partial charge is 0.274 e. The number of rotatable bonds is 5. The highest BCUT2D eigenvalue weighted by molar-refractivity contribution is 5.86. The minimum atomic E-state index is -0.652. The molecule has 0 aliphatic carbocycles. The van der Waals surface area contributed by atoms with Crippen LogP contribution >= 0.6 is 0 Å². The first kappa shape index (κ1) is 17.8. The van der Waals surface area contributed by atoms with E-state index in [0.717, 1.165) is 22.7 Å². The van der Waals surface area contributed by atoms with Gasteiger partial charge in [-0.25, -0.2) is 8.78 Å². The first-order chi connectivity index (χ1) is 13.5. The predicted molar refractivity (Wildman–Crippen MR) is 103 cm³/mol. The molecule has 142 valence electrons. The number of nitrogen functional groups attached to an aromatic ring is 1. The lowest BCUT2D eigenvalue weighted by Crippen LogP contribution is -2.22. The molecule has 0 spiro atoms. The molecule has 0 aliphatic heterocycles. The number of nitrogens with zero attached hydrogens (tertiary/aromatic N) is 1. The van der Waals surface area contributed by atoms with Crippen molar-refractivity contribution in [1.82, 2.24) is 9.55 Å². The Labute approximate surface area is 159 Å². The Morgan fingerprint density at radius 2 is 1.93 bits per heavy atom. The van der Waals surface area contributed by atoms with Crippen molar-refractivity contribution in [1.29, 1.82) is 0 Å². The summed E-state index contributed by atoms with van der Waals surface area (Å²) in [5, 5.41) is 0.893. The molecule has 2 aromatic carbocycles. The van der Waals surface area contributed by atoms with Crippen LogP contribution in [0.15, 0.2) is 65.6 Å². The van der Waals surface area contributed by atoms with E-state index in [0.29, 0.717) is 12.3 Å². The summed E-state index contributed by atoms with van der Waals surface area (Å²) in [7, 11) is 0. The van der Waals surface area contributed by atoms with E-state index in [1.54, 1.807) is 24.4 Å². The number of ether oxygens (including phenoxy) is 1. The summed E-state index contributed by atoms with van der Waals surface area (Å²) in [6.07, 6.45) is 1.67. The van der Waals surface area contributed by atoms with Crippen LogP contribution in [0.5, 0.6) is 5.75 Å². The van der Waals surface area contributed by atoms with E-state index >= 15 is 0 Å². The Morgan fingerprint density at radius 1 is 1.07 bits per heavy atom. The standard InChI is InChI=1S/C21H17F2N3O2/c22-15-7-6-14(17(23)10-15)12-28-19-5-1-3-13-9-16(25-20(13)19)11-26-8-2-4-18(24)21(26)27/h1-10,25H,11-12,24H2. The number of hydrogen-bond acceptors (Lipinski definition) is 3. The Bertz CT molecular complexity index is 1210. The minimum absolute atomic E-state index is 0.0335. The van der Waals surface area contributed by atoms with E-state index in [9.17, 15) is 13.6 Å². The van der Waals surface area contributed by atoms with Crippen molar-refractivity contribution in [2.45, 2.75) is 13.2 Å². The summed E-state index contributed by atoms with van der Waals surface area (Å²) in [6.45, 7) is 0.291. The normalized spacial score (nSPS) is 11.1. The topological polar surface area (TPSA) is 73.0 Å². The molecule has 3 N–H and O–H groups in total. The number of H-pyrrole nitrogens is 1. The molecule has 5 nitrogen and oxygen atoms in total. The summed E-state index contributed by atoms with van der Waals surface area (Å²) in [6, 6.07) is 14.1. The molecule has 4 aromatic rings. The van der Waals surface area contributed by atoms with E-state index < -0.39 is 11.6 Å². The average Bonchev–Trinajstić information content (AvgIpc) is 3.08. The number of anilines is 1. The van der Waals surface area contributed by atoms with Crippen molar-refractivity contribution in [3.63, 3.8) is 0 Å². The molecule has 0 amide bonds. The summed E-state index contributed by atoms with van der Waals surface area (Å²) in [5.41, 5.74) is 7.39. The third-order valence-corrected chi connectivity index (χ3v) is 4.46. The van der Waals surface area contributed by atoms with Crippen LogP contribution in [0, 0.1) is 11.6 Å². The monoisotopic (exact) mass is 381 g/mol. The summed E-state index contributed by atoms with van der Waals surface area (Å²) >= 11 is 0. The Balaban J connectivity index is 1.60. The Kier molecular flexibility index (Phi) is 4.57. The number of nitrogens with one attached hydrogen (secondary N) is 1. The van der Waals surface area contributed by atoms with Crippen LogP contribution in [0.1, 0.15) is 11.3 Å². The van der Waals surface area contributed by atoms with Crippen molar-refractivity contribution < 1.29 is 13.5 Å². The third-order valence-electron chi connectivity index (χ3n) is 4.46. The van der Waals surface area contributed by atoms with E-state index in [-0.39, 0.29) is 23.4 Å². The largest absolute Gasteiger partial charge is 0.487 e. The lowest BCUT2D eigenvalue weighted by atomic mass is 10.2. The second-order valence-electron chi connectivity index (χ2n) is 6.44. The molecule has 0 fully saturated rings. The lowest BCUT2D eigenvalue weighted by molar-refractivity contribution is 0.302. The van der Waals surface area contributed by atoms with Crippen LogP contribution in [0.25, 0.3) is 10.9 Å². The zero-order valence-corrected chi connectivity index (χ0v) is 14.8. The van der Waals surface area contributed by atoms with Gasteiger partial charge in [-0.3, -0.25) is 4.79 Å². The number of fused-ring (bicyclic) bond motifs is 1. The molecule has 0 saturated carbocycles. The van der Waals surface area contributed by atoms with Gasteiger partial charge in [-0.05, 0) is 36.4 Å². The zero-order valence-electron chi connectivity index (χ0n) is 14.8. The maximum absolute atomic E-state index is 13.8. The number of nitrogens with two attached hydrogens (primary N) is 1. The van der Waals surface area contributed by atoms with Crippen molar-refractivity contribution in [3.8, 4) is 5.75 Å². The molecule has 0 saturated heterocycles. The maximum Gasteiger partial charge on any atom is 0.274 e. The number of halogens is 2. The number of benzene rings is 2. The van der Waals surface area contributed by atoms with Crippen LogP contribution in [0.3, 0.4) is 0 Å². The number of aromatic amines is 1. The number of pyridine rings is 1. The van der Waals surface area contributed by atoms with Gasteiger partial charge in [0.25, 0.3) is 5.56 Å². The summed E-state index contributed by atoms with van der Waals surface area (Å²) in [4.78, 5) is 15.3. The minimum Gasteiger partial charge on any atom is -0.487 e. The molecule has 0 radical (unpaired) electrons. The SMILES string of the molecule is Nc1cccn(Cc2cc3cccc(OCc4ccc(F)cc4F)c3[nH]2)c1=O. The highest BCUT2D eigenvalue weighted by Gasteiger charge is 2.10. The summed E-state index contributed by atoms with van der Waals surface area (Å²) < 4.78 is 34.1. The molecule has 0 aliphatic rings. The number of hydrogen-bond donors (Lipinski definition) is 2. The first-order valence-corrected chi connectivity index (χ1v) is 8.63. The van der Waals surface area contributed by atoms with Gasteiger partial charge in [-0.1, -0.05) is 12.1 Å². The van der Waals surface area contributed by atoms with Gasteiger partial charge in [-0.2, -0.15) is 0 Å². The van der Waals surface area contributed by atoms with Gasteiger partial charge in [0.05, 0.1) is 17.7 Å². The quantitative estimate of drug-likeness (QED) is 0.552. The van der Waals surface area contributed by atoms with Gasteiger partial charge < -0.3 is 20.0 Å². The van der Waals surface area contributed by atoms with Crippen molar-refractivity contribution in [2.75, 3.05) is 5.73 Å². The second kappa shape index (κ2) is 7.19. The highest BCUT2D eigenvalue weighted by Crippen LogP contribution is 2.27. The van der Waals surface area contributed by atoms with Crippen molar-refractivity contribution in [3.05, 3.63) is 94.0 Å². The molecule has 0 atom stereocenters. The lowest BCUT2D eigenvalue weighted by Gasteiger charge is -2.08. The fraction of sp³-hybridized carbons (Fsp3) is 0.0952. The molecule has 7 heteroatoms. The molecule has 2 aromatic heterocycles. The van der Waals surface area contributed by atoms with E-state index in [4.69, 9.17) is 10.5 Å². The second-order valence-corrected chi connectivity index (χ2v) is 6.44. The van der Waals surface area contributed by atoms with Crippen molar-refractivity contribution in [2.24, 2.45) is 0 Å². The fourth-order valence-electron chi connectivity index (χ4n) is 3.05. The average molecular weight is 381 g/mol.